The molecule has 0 saturated heterocycles. The van der Waals surface area contributed by atoms with Crippen molar-refractivity contribution in [2.24, 2.45) is 16.6 Å². The fourth-order valence-electron chi connectivity index (χ4n) is 4.20. The summed E-state index contributed by atoms with van der Waals surface area (Å²) >= 11 is 0. The van der Waals surface area contributed by atoms with E-state index < -0.39 is 29.6 Å². The quantitative estimate of drug-likeness (QED) is 0.334. The highest BCUT2D eigenvalue weighted by Crippen LogP contribution is 2.38. The third-order valence-corrected chi connectivity index (χ3v) is 6.23. The van der Waals surface area contributed by atoms with Gasteiger partial charge in [0.15, 0.2) is 11.6 Å². The molecule has 216 valence electrons. The molecule has 1 atom stereocenters. The number of rotatable bonds is 9. The van der Waals surface area contributed by atoms with Crippen LogP contribution in [0.25, 0.3) is 5.57 Å². The number of aromatic nitrogens is 1. The van der Waals surface area contributed by atoms with Gasteiger partial charge in [0.2, 0.25) is 0 Å². The summed E-state index contributed by atoms with van der Waals surface area (Å²) in [6.07, 6.45) is 2.29. The van der Waals surface area contributed by atoms with E-state index in [4.69, 9.17) is 25.7 Å². The maximum Gasteiger partial charge on any atom is 0.410 e. The zero-order valence-corrected chi connectivity index (χ0v) is 24.1. The van der Waals surface area contributed by atoms with Crippen LogP contribution in [0.1, 0.15) is 68.1 Å². The Bertz CT molecular complexity index is 1330. The van der Waals surface area contributed by atoms with E-state index in [9.17, 15) is 14.0 Å². The second-order valence-electron chi connectivity index (χ2n) is 10.7. The molecule has 1 fully saturated rings. The Morgan fingerprint density at radius 1 is 1.25 bits per heavy atom. The normalized spacial score (nSPS) is 15.2. The number of pyridine rings is 1. The van der Waals surface area contributed by atoms with Crippen LogP contribution in [0.3, 0.4) is 0 Å². The summed E-state index contributed by atoms with van der Waals surface area (Å²) in [4.78, 5) is 35.1. The van der Waals surface area contributed by atoms with Gasteiger partial charge in [-0.1, -0.05) is 6.07 Å². The second kappa shape index (κ2) is 12.4. The number of amides is 1. The van der Waals surface area contributed by atoms with Crippen molar-refractivity contribution in [3.05, 3.63) is 58.7 Å². The predicted octanol–water partition coefficient (Wildman–Crippen LogP) is 4.75. The lowest BCUT2D eigenvalue weighted by atomic mass is 9.96. The number of benzene rings is 1. The second-order valence-corrected chi connectivity index (χ2v) is 10.7. The van der Waals surface area contributed by atoms with Crippen LogP contribution in [-0.4, -0.2) is 61.0 Å². The third-order valence-electron chi connectivity index (χ3n) is 6.23. The van der Waals surface area contributed by atoms with Crippen LogP contribution >= 0.6 is 0 Å². The Balaban J connectivity index is 2.00. The van der Waals surface area contributed by atoms with E-state index in [-0.39, 0.29) is 29.6 Å². The molecule has 1 aliphatic rings. The first-order chi connectivity index (χ1) is 18.7. The topological polar surface area (TPSA) is 142 Å². The van der Waals surface area contributed by atoms with Crippen molar-refractivity contribution >= 4 is 29.2 Å². The minimum Gasteiger partial charge on any atom is -0.482 e. The monoisotopic (exact) mass is 555 g/mol. The van der Waals surface area contributed by atoms with Crippen LogP contribution in [0, 0.1) is 11.7 Å². The molecule has 1 heterocycles. The van der Waals surface area contributed by atoms with Crippen molar-refractivity contribution < 1.29 is 28.2 Å². The molecule has 1 aromatic carbocycles. The van der Waals surface area contributed by atoms with Crippen LogP contribution < -0.4 is 16.2 Å². The molecule has 2 aromatic rings. The number of methoxy groups -OCH3 is 1. The smallest absolute Gasteiger partial charge is 0.410 e. The first kappa shape index (κ1) is 30.4. The fourth-order valence-corrected chi connectivity index (χ4v) is 4.20. The fraction of sp³-hybridized carbons (Fsp3) is 0.448. The SMILES string of the molecule is CN=C(/C(=C(\N)CN(C)C(=O)OC(C)(C)C)c1cnc(N)c(OC(C)c2ccc(F)cc2C(=O)OC)c1)C1CC1. The number of carbonyl (C=O) groups excluding carboxylic acids is 2. The van der Waals surface area contributed by atoms with Gasteiger partial charge in [0.25, 0.3) is 0 Å². The summed E-state index contributed by atoms with van der Waals surface area (Å²) in [5, 5.41) is 0. The molecule has 0 spiro atoms. The minimum absolute atomic E-state index is 0.0434. The lowest BCUT2D eigenvalue weighted by molar-refractivity contribution is 0.0313. The summed E-state index contributed by atoms with van der Waals surface area (Å²) in [6.45, 7) is 7.17. The largest absolute Gasteiger partial charge is 0.482 e. The van der Waals surface area contributed by atoms with Crippen LogP contribution in [0.4, 0.5) is 15.0 Å². The van der Waals surface area contributed by atoms with Gasteiger partial charge in [-0.05, 0) is 58.7 Å². The molecular weight excluding hydrogens is 517 g/mol. The third kappa shape index (κ3) is 7.49. The molecule has 0 bridgehead atoms. The molecule has 0 aliphatic heterocycles. The number of hydrogen-bond acceptors (Lipinski definition) is 9. The Kier molecular flexibility index (Phi) is 9.39. The van der Waals surface area contributed by atoms with Crippen molar-refractivity contribution in [3.63, 3.8) is 0 Å². The van der Waals surface area contributed by atoms with E-state index in [0.29, 0.717) is 22.4 Å². The molecule has 1 unspecified atom stereocenters. The van der Waals surface area contributed by atoms with E-state index in [2.05, 4.69) is 9.98 Å². The number of allylic oxidation sites excluding steroid dienone is 1. The summed E-state index contributed by atoms with van der Waals surface area (Å²) in [6, 6.07) is 5.50. The van der Waals surface area contributed by atoms with E-state index in [0.717, 1.165) is 24.6 Å². The van der Waals surface area contributed by atoms with Gasteiger partial charge in [0.05, 0.1) is 19.2 Å². The van der Waals surface area contributed by atoms with Crippen molar-refractivity contribution in [1.29, 1.82) is 0 Å². The number of nitrogens with two attached hydrogens (primary N) is 2. The number of carbonyl (C=O) groups is 2. The van der Waals surface area contributed by atoms with E-state index in [1.54, 1.807) is 54.1 Å². The van der Waals surface area contributed by atoms with Gasteiger partial charge in [-0.15, -0.1) is 0 Å². The van der Waals surface area contributed by atoms with Gasteiger partial charge >= 0.3 is 12.1 Å². The zero-order chi connectivity index (χ0) is 29.8. The lowest BCUT2D eigenvalue weighted by Gasteiger charge is -2.26. The van der Waals surface area contributed by atoms with Crippen LogP contribution in [0.2, 0.25) is 0 Å². The number of nitrogens with zero attached hydrogens (tertiary/aromatic N) is 3. The van der Waals surface area contributed by atoms with Crippen LogP contribution in [0.5, 0.6) is 5.75 Å². The number of ether oxygens (including phenoxy) is 3. The van der Waals surface area contributed by atoms with Gasteiger partial charge in [-0.25, -0.2) is 19.0 Å². The number of anilines is 1. The van der Waals surface area contributed by atoms with Crippen LogP contribution in [-0.2, 0) is 9.47 Å². The zero-order valence-electron chi connectivity index (χ0n) is 24.1. The Hall–Kier alpha value is -4.15. The van der Waals surface area contributed by atoms with Gasteiger partial charge in [0, 0.05) is 54.3 Å². The summed E-state index contributed by atoms with van der Waals surface area (Å²) in [5.41, 5.74) is 15.0. The number of halogens is 1. The average molecular weight is 556 g/mol. The number of esters is 1. The molecule has 3 rings (SSSR count). The number of aliphatic imine (C=N–C) groups is 1. The highest BCUT2D eigenvalue weighted by molar-refractivity contribution is 6.26. The molecular formula is C29H38FN5O5. The Labute approximate surface area is 234 Å². The highest BCUT2D eigenvalue weighted by Gasteiger charge is 2.32. The first-order valence-corrected chi connectivity index (χ1v) is 13.0. The maximum absolute atomic E-state index is 13.9. The lowest BCUT2D eigenvalue weighted by Crippen LogP contribution is -2.36. The molecule has 1 saturated carbocycles. The molecule has 1 amide bonds. The Morgan fingerprint density at radius 2 is 1.93 bits per heavy atom. The maximum atomic E-state index is 13.9. The van der Waals surface area contributed by atoms with E-state index in [1.807, 2.05) is 0 Å². The van der Waals surface area contributed by atoms with Gasteiger partial charge in [-0.3, -0.25) is 4.99 Å². The molecule has 4 N–H and O–H groups in total. The predicted molar refractivity (Wildman–Crippen MR) is 151 cm³/mol. The number of likely N-dealkylation sites (N-methyl/N-ethyl adjacent to an activating group) is 1. The first-order valence-electron chi connectivity index (χ1n) is 13.0. The van der Waals surface area contributed by atoms with E-state index in [1.165, 1.54) is 24.1 Å². The molecule has 10 nitrogen and oxygen atoms in total. The molecule has 40 heavy (non-hydrogen) atoms. The standard InChI is InChI=1S/C29H38FN5O5/c1-16(20-11-10-19(30)13-21(20)27(36)38-7)39-23-12-18(14-34-26(23)32)24(25(33-5)17-8-9-17)22(31)15-35(6)28(37)40-29(2,3)4/h10-14,16-17H,8-9,15,31H2,1-7H3,(H2,32,34)/b24-22-,33-25?. The highest BCUT2D eigenvalue weighted by atomic mass is 19.1. The van der Waals surface area contributed by atoms with Crippen LogP contribution in [0.15, 0.2) is 41.2 Å². The van der Waals surface area contributed by atoms with Crippen molar-refractivity contribution in [3.8, 4) is 5.75 Å². The van der Waals surface area contributed by atoms with Gasteiger partial charge < -0.3 is 30.6 Å². The number of nitrogen functional groups attached to an aromatic ring is 1. The van der Waals surface area contributed by atoms with Crippen molar-refractivity contribution in [1.82, 2.24) is 9.88 Å². The Morgan fingerprint density at radius 3 is 2.50 bits per heavy atom. The summed E-state index contributed by atoms with van der Waals surface area (Å²) in [5.74, 6) is -0.685. The summed E-state index contributed by atoms with van der Waals surface area (Å²) < 4.78 is 30.3. The van der Waals surface area contributed by atoms with Gasteiger partial charge in [-0.2, -0.15) is 0 Å². The van der Waals surface area contributed by atoms with Crippen molar-refractivity contribution in [2.75, 3.05) is 33.5 Å². The van der Waals surface area contributed by atoms with E-state index >= 15 is 0 Å². The summed E-state index contributed by atoms with van der Waals surface area (Å²) in [7, 11) is 4.53. The average Bonchev–Trinajstić information content (AvgIpc) is 3.72. The van der Waals surface area contributed by atoms with Gasteiger partial charge in [0.1, 0.15) is 17.5 Å². The molecule has 0 radical (unpaired) electrons. The minimum atomic E-state index is -0.708. The van der Waals surface area contributed by atoms with Crippen molar-refractivity contribution in [2.45, 2.75) is 52.2 Å². The molecule has 1 aliphatic carbocycles. The molecule has 1 aromatic heterocycles. The number of hydrogen-bond donors (Lipinski definition) is 2. The molecule has 11 heteroatoms.